The van der Waals surface area contributed by atoms with Crippen LogP contribution in [0.5, 0.6) is 0 Å². The highest BCUT2D eigenvalue weighted by Gasteiger charge is 2.25. The first kappa shape index (κ1) is 19.1. The highest BCUT2D eigenvalue weighted by molar-refractivity contribution is 7.22. The van der Waals surface area contributed by atoms with Crippen molar-refractivity contribution < 1.29 is 9.53 Å². The van der Waals surface area contributed by atoms with Gasteiger partial charge in [-0.3, -0.25) is 9.69 Å². The maximum absolute atomic E-state index is 13.1. The predicted octanol–water partition coefficient (Wildman–Crippen LogP) is 5.48. The van der Waals surface area contributed by atoms with Crippen molar-refractivity contribution in [3.05, 3.63) is 64.7 Å². The van der Waals surface area contributed by atoms with Crippen molar-refractivity contribution in [2.45, 2.75) is 25.9 Å². The molecule has 1 aliphatic rings. The van der Waals surface area contributed by atoms with Crippen LogP contribution >= 0.6 is 22.9 Å². The number of rotatable bonds is 5. The van der Waals surface area contributed by atoms with E-state index < -0.39 is 0 Å². The number of carbonyl (C=O) groups excluding carboxylic acids is 1. The number of fused-ring (bicyclic) bond motifs is 1. The maximum Gasteiger partial charge on any atom is 0.252 e. The fourth-order valence-electron chi connectivity index (χ4n) is 3.33. The number of aromatic nitrogens is 1. The Labute approximate surface area is 173 Å². The van der Waals surface area contributed by atoms with Gasteiger partial charge in [0, 0.05) is 17.7 Å². The van der Waals surface area contributed by atoms with Crippen molar-refractivity contribution in [1.82, 2.24) is 4.98 Å². The summed E-state index contributed by atoms with van der Waals surface area (Å²) >= 11 is 7.68. The number of amides is 1. The number of aryl methyl sites for hydroxylation is 1. The highest BCUT2D eigenvalue weighted by Crippen LogP contribution is 2.33. The molecule has 1 fully saturated rings. The first-order chi connectivity index (χ1) is 13.6. The molecule has 1 unspecified atom stereocenters. The Morgan fingerprint density at radius 2 is 2.18 bits per heavy atom. The van der Waals surface area contributed by atoms with E-state index in [-0.39, 0.29) is 12.0 Å². The molecule has 4 rings (SSSR count). The number of benzene rings is 2. The number of carbonyl (C=O) groups is 1. The van der Waals surface area contributed by atoms with E-state index in [9.17, 15) is 4.79 Å². The van der Waals surface area contributed by atoms with Gasteiger partial charge < -0.3 is 4.74 Å². The number of hydrogen-bond donors (Lipinski definition) is 0. The largest absolute Gasteiger partial charge is 0.376 e. The molecule has 3 aromatic rings. The second-order valence-electron chi connectivity index (χ2n) is 6.89. The second-order valence-corrected chi connectivity index (χ2v) is 8.34. The van der Waals surface area contributed by atoms with Crippen LogP contribution in [0.2, 0.25) is 5.02 Å². The molecule has 2 heterocycles. The Bertz CT molecular complexity index is 1010. The summed E-state index contributed by atoms with van der Waals surface area (Å²) in [5.41, 5.74) is 2.88. The van der Waals surface area contributed by atoms with Gasteiger partial charge in [0.1, 0.15) is 0 Å². The van der Waals surface area contributed by atoms with Crippen LogP contribution in [0.3, 0.4) is 0 Å². The minimum atomic E-state index is -0.0952. The van der Waals surface area contributed by atoms with E-state index in [4.69, 9.17) is 21.3 Å². The lowest BCUT2D eigenvalue weighted by Gasteiger charge is -2.21. The molecule has 0 N–H and O–H groups in total. The summed E-state index contributed by atoms with van der Waals surface area (Å²) in [6, 6.07) is 13.6. The van der Waals surface area contributed by atoms with Crippen LogP contribution in [0.25, 0.3) is 16.3 Å². The second kappa shape index (κ2) is 8.43. The Kier molecular flexibility index (Phi) is 5.76. The fraction of sp³-hybridized carbons (Fsp3) is 0.273. The Balaban J connectivity index is 1.65. The molecule has 0 saturated carbocycles. The maximum atomic E-state index is 13.1. The smallest absolute Gasteiger partial charge is 0.252 e. The van der Waals surface area contributed by atoms with Crippen LogP contribution in [0.1, 0.15) is 24.0 Å². The Morgan fingerprint density at radius 1 is 1.36 bits per heavy atom. The summed E-state index contributed by atoms with van der Waals surface area (Å²) in [6.45, 7) is 3.24. The summed E-state index contributed by atoms with van der Waals surface area (Å²) in [6.07, 6.45) is 5.48. The molecule has 0 spiro atoms. The van der Waals surface area contributed by atoms with E-state index in [0.717, 1.165) is 40.8 Å². The zero-order chi connectivity index (χ0) is 19.5. The van der Waals surface area contributed by atoms with Crippen molar-refractivity contribution in [3.8, 4) is 0 Å². The highest BCUT2D eigenvalue weighted by atomic mass is 35.5. The SMILES string of the molecule is Cc1cc(Cl)cc2sc(N(CC3CCCO3)C(=O)/C=C/c3ccccc3)nc12. The molecule has 6 heteroatoms. The number of nitrogens with zero attached hydrogens (tertiary/aromatic N) is 2. The average Bonchev–Trinajstić information content (AvgIpc) is 3.34. The molecule has 2 aromatic carbocycles. The van der Waals surface area contributed by atoms with E-state index in [0.29, 0.717) is 16.7 Å². The Morgan fingerprint density at radius 3 is 2.93 bits per heavy atom. The third kappa shape index (κ3) is 4.27. The monoisotopic (exact) mass is 412 g/mol. The van der Waals surface area contributed by atoms with Crippen LogP contribution in [-0.4, -0.2) is 30.1 Å². The van der Waals surface area contributed by atoms with Gasteiger partial charge in [-0.05, 0) is 49.1 Å². The van der Waals surface area contributed by atoms with Crippen LogP contribution in [-0.2, 0) is 9.53 Å². The number of hydrogen-bond acceptors (Lipinski definition) is 4. The lowest BCUT2D eigenvalue weighted by Crippen LogP contribution is -2.36. The third-order valence-electron chi connectivity index (χ3n) is 4.76. The fourth-order valence-corrected chi connectivity index (χ4v) is 4.77. The normalized spacial score (nSPS) is 16.9. The molecule has 1 aliphatic heterocycles. The third-order valence-corrected chi connectivity index (χ3v) is 6.01. The van der Waals surface area contributed by atoms with Gasteiger partial charge in [-0.15, -0.1) is 0 Å². The van der Waals surface area contributed by atoms with E-state index in [2.05, 4.69) is 0 Å². The molecule has 1 amide bonds. The van der Waals surface area contributed by atoms with Gasteiger partial charge in [0.25, 0.3) is 5.91 Å². The van der Waals surface area contributed by atoms with Crippen LogP contribution < -0.4 is 4.90 Å². The van der Waals surface area contributed by atoms with Gasteiger partial charge in [0.15, 0.2) is 5.13 Å². The van der Waals surface area contributed by atoms with Gasteiger partial charge in [0.2, 0.25) is 0 Å². The number of anilines is 1. The first-order valence-electron chi connectivity index (χ1n) is 9.33. The van der Waals surface area contributed by atoms with Crippen LogP contribution in [0, 0.1) is 6.92 Å². The summed E-state index contributed by atoms with van der Waals surface area (Å²) in [7, 11) is 0. The topological polar surface area (TPSA) is 42.4 Å². The minimum Gasteiger partial charge on any atom is -0.376 e. The van der Waals surface area contributed by atoms with Gasteiger partial charge in [-0.2, -0.15) is 0 Å². The molecular formula is C22H21ClN2O2S. The zero-order valence-electron chi connectivity index (χ0n) is 15.6. The minimum absolute atomic E-state index is 0.0470. The summed E-state index contributed by atoms with van der Waals surface area (Å²) < 4.78 is 6.76. The van der Waals surface area contributed by atoms with E-state index in [1.165, 1.54) is 11.3 Å². The lowest BCUT2D eigenvalue weighted by atomic mass is 10.2. The van der Waals surface area contributed by atoms with Crippen molar-refractivity contribution in [3.63, 3.8) is 0 Å². The van der Waals surface area contributed by atoms with E-state index >= 15 is 0 Å². The molecule has 0 radical (unpaired) electrons. The van der Waals surface area contributed by atoms with Gasteiger partial charge >= 0.3 is 0 Å². The quantitative estimate of drug-likeness (QED) is 0.521. The molecule has 0 bridgehead atoms. The molecule has 1 aromatic heterocycles. The molecule has 1 atom stereocenters. The van der Waals surface area contributed by atoms with Crippen molar-refractivity contribution in [2.24, 2.45) is 0 Å². The van der Waals surface area contributed by atoms with Crippen molar-refractivity contribution in [1.29, 1.82) is 0 Å². The predicted molar refractivity (Wildman–Crippen MR) is 116 cm³/mol. The lowest BCUT2D eigenvalue weighted by molar-refractivity contribution is -0.114. The van der Waals surface area contributed by atoms with Crippen LogP contribution in [0.15, 0.2) is 48.5 Å². The zero-order valence-corrected chi connectivity index (χ0v) is 17.2. The molecule has 28 heavy (non-hydrogen) atoms. The van der Waals surface area contributed by atoms with Crippen molar-refractivity contribution >= 4 is 50.3 Å². The van der Waals surface area contributed by atoms with Gasteiger partial charge in [-0.25, -0.2) is 4.98 Å². The van der Waals surface area contributed by atoms with Crippen molar-refractivity contribution in [2.75, 3.05) is 18.1 Å². The van der Waals surface area contributed by atoms with Gasteiger partial charge in [0.05, 0.1) is 22.9 Å². The summed E-state index contributed by atoms with van der Waals surface area (Å²) in [5.74, 6) is -0.0952. The molecule has 0 aliphatic carbocycles. The number of ether oxygens (including phenoxy) is 1. The molecule has 144 valence electrons. The first-order valence-corrected chi connectivity index (χ1v) is 10.5. The number of halogens is 1. The van der Waals surface area contributed by atoms with Gasteiger partial charge in [-0.1, -0.05) is 53.3 Å². The average molecular weight is 413 g/mol. The molecule has 4 nitrogen and oxygen atoms in total. The summed E-state index contributed by atoms with van der Waals surface area (Å²) in [4.78, 5) is 19.5. The van der Waals surface area contributed by atoms with Crippen LogP contribution in [0.4, 0.5) is 5.13 Å². The van der Waals surface area contributed by atoms with E-state index in [1.807, 2.05) is 55.5 Å². The summed E-state index contributed by atoms with van der Waals surface area (Å²) in [5, 5.41) is 1.36. The molecule has 1 saturated heterocycles. The standard InChI is InChI=1S/C22H21ClN2O2S/c1-15-12-17(23)13-19-21(15)24-22(28-19)25(14-18-8-5-11-27-18)20(26)10-9-16-6-3-2-4-7-16/h2-4,6-7,9-10,12-13,18H,5,8,11,14H2,1H3/b10-9+. The van der Waals surface area contributed by atoms with E-state index in [1.54, 1.807) is 11.0 Å². The molecular weight excluding hydrogens is 392 g/mol. The number of thiazole rings is 1. The Hall–Kier alpha value is -2.21.